The first-order valence-corrected chi connectivity index (χ1v) is 4.79. The third-order valence-electron chi connectivity index (χ3n) is 1.37. The predicted octanol–water partition coefficient (Wildman–Crippen LogP) is 2.66. The van der Waals surface area contributed by atoms with Crippen molar-refractivity contribution < 1.29 is 4.74 Å². The van der Waals surface area contributed by atoms with Gasteiger partial charge in [-0.05, 0) is 27.2 Å². The van der Waals surface area contributed by atoms with Crippen molar-refractivity contribution in [2.24, 2.45) is 10.2 Å². The molecule has 0 aromatic rings. The maximum atomic E-state index is 5.37. The third kappa shape index (κ3) is 9.21. The molecular formula is C10H20N2O. The van der Waals surface area contributed by atoms with Gasteiger partial charge >= 0.3 is 0 Å². The highest BCUT2D eigenvalue weighted by atomic mass is 16.5. The quantitative estimate of drug-likeness (QED) is 0.355. The van der Waals surface area contributed by atoms with Gasteiger partial charge in [-0.25, -0.2) is 0 Å². The van der Waals surface area contributed by atoms with Crippen LogP contribution in [0.25, 0.3) is 0 Å². The van der Waals surface area contributed by atoms with E-state index in [-0.39, 0.29) is 0 Å². The number of nitrogens with zero attached hydrogens (tertiary/aromatic N) is 2. The Morgan fingerprint density at radius 2 is 1.85 bits per heavy atom. The Bertz CT molecular complexity index is 181. The van der Waals surface area contributed by atoms with E-state index in [0.717, 1.165) is 24.5 Å². The Hall–Kier alpha value is -0.700. The number of hydrogen-bond acceptors (Lipinski definition) is 3. The fraction of sp³-hybridized carbons (Fsp3) is 0.800. The monoisotopic (exact) mass is 184 g/mol. The number of unbranched alkanes of at least 4 members (excludes halogenated alkanes) is 1. The molecule has 0 saturated heterocycles. The zero-order valence-corrected chi connectivity index (χ0v) is 9.13. The summed E-state index contributed by atoms with van der Waals surface area (Å²) >= 11 is 0. The Morgan fingerprint density at radius 3 is 2.38 bits per heavy atom. The number of hydrogen-bond donors (Lipinski definition) is 0. The van der Waals surface area contributed by atoms with Gasteiger partial charge in [-0.1, -0.05) is 13.3 Å². The van der Waals surface area contributed by atoms with Gasteiger partial charge in [0.15, 0.2) is 0 Å². The SMILES string of the molecule is CCCCOC/C(C)=N/N=C(C)C. The summed E-state index contributed by atoms with van der Waals surface area (Å²) in [5, 5.41) is 7.95. The summed E-state index contributed by atoms with van der Waals surface area (Å²) in [6.45, 7) is 9.34. The molecule has 0 aromatic carbocycles. The van der Waals surface area contributed by atoms with Crippen molar-refractivity contribution in [2.45, 2.75) is 40.5 Å². The number of rotatable bonds is 6. The first kappa shape index (κ1) is 12.3. The Morgan fingerprint density at radius 1 is 1.15 bits per heavy atom. The van der Waals surface area contributed by atoms with Crippen LogP contribution in [0.3, 0.4) is 0 Å². The molecule has 0 N–H and O–H groups in total. The van der Waals surface area contributed by atoms with Crippen LogP contribution in [0, 0.1) is 0 Å². The van der Waals surface area contributed by atoms with Gasteiger partial charge in [0, 0.05) is 12.3 Å². The standard InChI is InChI=1S/C10H20N2O/c1-5-6-7-13-8-10(4)12-11-9(2)3/h5-8H2,1-4H3/b12-10+. The van der Waals surface area contributed by atoms with Gasteiger partial charge in [0.25, 0.3) is 0 Å². The topological polar surface area (TPSA) is 34.0 Å². The zero-order valence-electron chi connectivity index (χ0n) is 9.13. The molecule has 0 amide bonds. The van der Waals surface area contributed by atoms with Crippen LogP contribution < -0.4 is 0 Å². The molecule has 0 radical (unpaired) electrons. The summed E-state index contributed by atoms with van der Waals surface area (Å²) in [6.07, 6.45) is 2.28. The van der Waals surface area contributed by atoms with Crippen molar-refractivity contribution in [3.05, 3.63) is 0 Å². The highest BCUT2D eigenvalue weighted by molar-refractivity contribution is 5.85. The molecular weight excluding hydrogens is 164 g/mol. The van der Waals surface area contributed by atoms with Crippen molar-refractivity contribution in [1.82, 2.24) is 0 Å². The minimum atomic E-state index is 0.594. The van der Waals surface area contributed by atoms with Crippen LogP contribution in [0.15, 0.2) is 10.2 Å². The lowest BCUT2D eigenvalue weighted by Crippen LogP contribution is -2.05. The molecule has 0 aliphatic rings. The van der Waals surface area contributed by atoms with Crippen molar-refractivity contribution in [2.75, 3.05) is 13.2 Å². The zero-order chi connectivity index (χ0) is 10.1. The van der Waals surface area contributed by atoms with Gasteiger partial charge in [0.1, 0.15) is 0 Å². The Kier molecular flexibility index (Phi) is 7.50. The second-order valence-electron chi connectivity index (χ2n) is 3.29. The van der Waals surface area contributed by atoms with Gasteiger partial charge < -0.3 is 4.74 Å². The second kappa shape index (κ2) is 7.92. The predicted molar refractivity (Wildman–Crippen MR) is 57.6 cm³/mol. The molecule has 3 nitrogen and oxygen atoms in total. The lowest BCUT2D eigenvalue weighted by molar-refractivity contribution is 0.167. The highest BCUT2D eigenvalue weighted by Gasteiger charge is 1.91. The summed E-state index contributed by atoms with van der Waals surface area (Å²) < 4.78 is 5.37. The largest absolute Gasteiger partial charge is 0.375 e. The van der Waals surface area contributed by atoms with Crippen molar-refractivity contribution in [3.63, 3.8) is 0 Å². The van der Waals surface area contributed by atoms with E-state index in [1.165, 1.54) is 6.42 Å². The van der Waals surface area contributed by atoms with Crippen molar-refractivity contribution in [1.29, 1.82) is 0 Å². The molecule has 0 heterocycles. The molecule has 0 rings (SSSR count). The van der Waals surface area contributed by atoms with E-state index >= 15 is 0 Å². The smallest absolute Gasteiger partial charge is 0.0864 e. The fourth-order valence-electron chi connectivity index (χ4n) is 0.680. The molecule has 0 aliphatic carbocycles. The summed E-state index contributed by atoms with van der Waals surface area (Å²) in [7, 11) is 0. The van der Waals surface area contributed by atoms with Gasteiger partial charge in [0.2, 0.25) is 0 Å². The summed E-state index contributed by atoms with van der Waals surface area (Å²) in [5.74, 6) is 0. The summed E-state index contributed by atoms with van der Waals surface area (Å²) in [4.78, 5) is 0. The molecule has 3 heteroatoms. The normalized spacial score (nSPS) is 11.5. The Balaban J connectivity index is 3.55. The van der Waals surface area contributed by atoms with E-state index in [4.69, 9.17) is 4.74 Å². The minimum absolute atomic E-state index is 0.594. The Labute approximate surface area is 80.9 Å². The molecule has 0 bridgehead atoms. The highest BCUT2D eigenvalue weighted by Crippen LogP contribution is 1.89. The molecule has 0 saturated carbocycles. The van der Waals surface area contributed by atoms with E-state index in [1.807, 2.05) is 20.8 Å². The third-order valence-corrected chi connectivity index (χ3v) is 1.37. The van der Waals surface area contributed by atoms with Crippen LogP contribution in [0.2, 0.25) is 0 Å². The maximum Gasteiger partial charge on any atom is 0.0864 e. The van der Waals surface area contributed by atoms with Gasteiger partial charge in [-0.15, -0.1) is 0 Å². The fourth-order valence-corrected chi connectivity index (χ4v) is 0.680. The molecule has 0 aromatic heterocycles. The lowest BCUT2D eigenvalue weighted by atomic mass is 10.4. The maximum absolute atomic E-state index is 5.37. The van der Waals surface area contributed by atoms with Crippen molar-refractivity contribution >= 4 is 11.4 Å². The molecule has 0 unspecified atom stereocenters. The van der Waals surface area contributed by atoms with E-state index in [9.17, 15) is 0 Å². The molecule has 0 fully saturated rings. The van der Waals surface area contributed by atoms with Gasteiger partial charge in [-0.3, -0.25) is 0 Å². The lowest BCUT2D eigenvalue weighted by Gasteiger charge is -2.00. The molecule has 0 aliphatic heterocycles. The molecule has 0 spiro atoms. The minimum Gasteiger partial charge on any atom is -0.375 e. The second-order valence-corrected chi connectivity index (χ2v) is 3.29. The average Bonchev–Trinajstić information content (AvgIpc) is 2.09. The van der Waals surface area contributed by atoms with E-state index < -0.39 is 0 Å². The summed E-state index contributed by atoms with van der Waals surface area (Å²) in [5.41, 5.74) is 1.89. The van der Waals surface area contributed by atoms with Crippen molar-refractivity contribution in [3.8, 4) is 0 Å². The molecule has 76 valence electrons. The van der Waals surface area contributed by atoms with Crippen LogP contribution in [0.1, 0.15) is 40.5 Å². The van der Waals surface area contributed by atoms with E-state index in [2.05, 4.69) is 17.1 Å². The molecule has 0 atom stereocenters. The van der Waals surface area contributed by atoms with Crippen LogP contribution in [-0.4, -0.2) is 24.6 Å². The van der Waals surface area contributed by atoms with Crippen LogP contribution in [-0.2, 0) is 4.74 Å². The number of ether oxygens (including phenoxy) is 1. The van der Waals surface area contributed by atoms with Crippen LogP contribution in [0.4, 0.5) is 0 Å². The first-order chi connectivity index (χ1) is 6.16. The summed E-state index contributed by atoms with van der Waals surface area (Å²) in [6, 6.07) is 0. The molecule has 13 heavy (non-hydrogen) atoms. The van der Waals surface area contributed by atoms with Gasteiger partial charge in [-0.2, -0.15) is 10.2 Å². The van der Waals surface area contributed by atoms with Gasteiger partial charge in [0.05, 0.1) is 12.3 Å². The first-order valence-electron chi connectivity index (χ1n) is 4.79. The van der Waals surface area contributed by atoms with E-state index in [0.29, 0.717) is 6.61 Å². The van der Waals surface area contributed by atoms with E-state index in [1.54, 1.807) is 0 Å². The van der Waals surface area contributed by atoms with Crippen LogP contribution in [0.5, 0.6) is 0 Å². The average molecular weight is 184 g/mol. The van der Waals surface area contributed by atoms with Crippen LogP contribution >= 0.6 is 0 Å².